The van der Waals surface area contributed by atoms with Gasteiger partial charge in [-0.1, -0.05) is 48.5 Å². The summed E-state index contributed by atoms with van der Waals surface area (Å²) in [7, 11) is 0. The van der Waals surface area contributed by atoms with Gasteiger partial charge in [0.15, 0.2) is 0 Å². The summed E-state index contributed by atoms with van der Waals surface area (Å²) in [4.78, 5) is 11.9. The molecule has 3 aromatic carbocycles. The van der Waals surface area contributed by atoms with Crippen molar-refractivity contribution in [1.82, 2.24) is 5.43 Å². The molecule has 154 valence electrons. The largest absolute Gasteiger partial charge is 0.489 e. The van der Waals surface area contributed by atoms with Crippen LogP contribution in [0.4, 0.5) is 13.2 Å². The highest BCUT2D eigenvalue weighted by Gasteiger charge is 2.30. The molecule has 0 radical (unpaired) electrons. The van der Waals surface area contributed by atoms with Crippen molar-refractivity contribution >= 4 is 12.1 Å². The van der Waals surface area contributed by atoms with Crippen molar-refractivity contribution in [2.45, 2.75) is 19.2 Å². The average Bonchev–Trinajstić information content (AvgIpc) is 2.73. The summed E-state index contributed by atoms with van der Waals surface area (Å²) in [6, 6.07) is 21.6. The van der Waals surface area contributed by atoms with E-state index in [1.165, 1.54) is 18.3 Å². The molecule has 3 rings (SSSR count). The Labute approximate surface area is 172 Å². The van der Waals surface area contributed by atoms with Crippen molar-refractivity contribution in [3.05, 3.63) is 101 Å². The summed E-state index contributed by atoms with van der Waals surface area (Å²) in [6.45, 7) is 0.458. The van der Waals surface area contributed by atoms with Crippen molar-refractivity contribution in [3.63, 3.8) is 0 Å². The third-order valence-electron chi connectivity index (χ3n) is 4.15. The third-order valence-corrected chi connectivity index (χ3v) is 4.15. The number of rotatable bonds is 7. The number of ether oxygens (including phenoxy) is 1. The van der Waals surface area contributed by atoms with Crippen LogP contribution in [0.1, 0.15) is 22.3 Å². The van der Waals surface area contributed by atoms with Crippen LogP contribution < -0.4 is 10.2 Å². The second kappa shape index (κ2) is 9.73. The number of alkyl halides is 3. The number of nitrogens with zero attached hydrogens (tertiary/aromatic N) is 1. The van der Waals surface area contributed by atoms with Crippen molar-refractivity contribution in [2.75, 3.05) is 0 Å². The average molecular weight is 412 g/mol. The zero-order chi connectivity index (χ0) is 21.4. The lowest BCUT2D eigenvalue weighted by molar-refractivity contribution is -0.137. The maximum absolute atomic E-state index is 12.7. The Morgan fingerprint density at radius 1 is 0.933 bits per heavy atom. The predicted octanol–water partition coefficient (Wildman–Crippen LogP) is 4.98. The van der Waals surface area contributed by atoms with Crippen LogP contribution in [-0.4, -0.2) is 12.1 Å². The van der Waals surface area contributed by atoms with E-state index in [-0.39, 0.29) is 12.0 Å². The smallest absolute Gasteiger partial charge is 0.416 e. The number of carbonyl (C=O) groups excluding carboxylic acids is 1. The first-order valence-electron chi connectivity index (χ1n) is 9.15. The van der Waals surface area contributed by atoms with E-state index in [2.05, 4.69) is 10.5 Å². The Kier molecular flexibility index (Phi) is 6.85. The highest BCUT2D eigenvalue weighted by molar-refractivity contribution is 5.83. The molecule has 1 amide bonds. The number of benzene rings is 3. The van der Waals surface area contributed by atoms with E-state index in [4.69, 9.17) is 4.74 Å². The Morgan fingerprint density at radius 3 is 2.33 bits per heavy atom. The van der Waals surface area contributed by atoms with Crippen LogP contribution in [0.25, 0.3) is 0 Å². The molecular weight excluding hydrogens is 393 g/mol. The number of halogens is 3. The van der Waals surface area contributed by atoms with Crippen molar-refractivity contribution in [2.24, 2.45) is 5.10 Å². The van der Waals surface area contributed by atoms with Gasteiger partial charge in [-0.2, -0.15) is 18.3 Å². The number of carbonyl (C=O) groups is 1. The van der Waals surface area contributed by atoms with E-state index in [1.807, 2.05) is 30.3 Å². The lowest BCUT2D eigenvalue weighted by atomic mass is 10.1. The van der Waals surface area contributed by atoms with Gasteiger partial charge in [-0.15, -0.1) is 0 Å². The first kappa shape index (κ1) is 21.1. The Morgan fingerprint density at radius 2 is 1.63 bits per heavy atom. The molecule has 1 N–H and O–H groups in total. The maximum atomic E-state index is 12.7. The normalized spacial score (nSPS) is 11.4. The fraction of sp³-hybridized carbons (Fsp3) is 0.130. The van der Waals surface area contributed by atoms with Gasteiger partial charge in [0.05, 0.1) is 18.2 Å². The van der Waals surface area contributed by atoms with E-state index in [0.29, 0.717) is 12.4 Å². The van der Waals surface area contributed by atoms with E-state index < -0.39 is 17.6 Å². The number of hydrazone groups is 1. The van der Waals surface area contributed by atoms with Crippen LogP contribution in [0, 0.1) is 0 Å². The van der Waals surface area contributed by atoms with Gasteiger partial charge in [0.1, 0.15) is 12.4 Å². The van der Waals surface area contributed by atoms with E-state index in [0.717, 1.165) is 23.3 Å². The topological polar surface area (TPSA) is 50.7 Å². The molecule has 0 atom stereocenters. The van der Waals surface area contributed by atoms with Gasteiger partial charge >= 0.3 is 6.18 Å². The fourth-order valence-electron chi connectivity index (χ4n) is 2.65. The molecule has 0 saturated carbocycles. The standard InChI is InChI=1S/C23H19F3N2O2/c24-23(25,26)20-8-4-7-19(13-20)14-22(29)28-27-15-17-9-11-21(12-10-17)30-16-18-5-2-1-3-6-18/h1-13,15H,14,16H2,(H,28,29)/b27-15-. The van der Waals surface area contributed by atoms with Crippen molar-refractivity contribution < 1.29 is 22.7 Å². The monoisotopic (exact) mass is 412 g/mol. The van der Waals surface area contributed by atoms with Gasteiger partial charge in [-0.05, 0) is 47.0 Å². The number of hydrogen-bond donors (Lipinski definition) is 1. The van der Waals surface area contributed by atoms with Gasteiger partial charge in [0.2, 0.25) is 5.91 Å². The second-order valence-electron chi connectivity index (χ2n) is 6.51. The lowest BCUT2D eigenvalue weighted by Crippen LogP contribution is -2.20. The van der Waals surface area contributed by atoms with Crippen LogP contribution in [0.3, 0.4) is 0 Å². The summed E-state index contributed by atoms with van der Waals surface area (Å²) in [5.41, 5.74) is 3.59. The molecule has 0 saturated heterocycles. The molecule has 30 heavy (non-hydrogen) atoms. The third kappa shape index (κ3) is 6.48. The van der Waals surface area contributed by atoms with Crippen LogP contribution in [0.5, 0.6) is 5.75 Å². The minimum atomic E-state index is -4.44. The fourth-order valence-corrected chi connectivity index (χ4v) is 2.65. The summed E-state index contributed by atoms with van der Waals surface area (Å²) in [5.74, 6) is 0.193. The van der Waals surface area contributed by atoms with Gasteiger partial charge in [0, 0.05) is 0 Å². The molecular formula is C23H19F3N2O2. The molecule has 0 aliphatic carbocycles. The lowest BCUT2D eigenvalue weighted by Gasteiger charge is -2.08. The molecule has 7 heteroatoms. The number of hydrogen-bond acceptors (Lipinski definition) is 3. The van der Waals surface area contributed by atoms with Gasteiger partial charge in [0.25, 0.3) is 0 Å². The summed E-state index contributed by atoms with van der Waals surface area (Å²) in [6.07, 6.45) is -3.19. The van der Waals surface area contributed by atoms with Crippen LogP contribution in [0.15, 0.2) is 84.0 Å². The molecule has 0 spiro atoms. The first-order valence-corrected chi connectivity index (χ1v) is 9.15. The van der Waals surface area contributed by atoms with Gasteiger partial charge in [-0.3, -0.25) is 4.79 Å². The number of amides is 1. The minimum Gasteiger partial charge on any atom is -0.489 e. The zero-order valence-corrected chi connectivity index (χ0v) is 15.9. The predicted molar refractivity (Wildman–Crippen MR) is 108 cm³/mol. The van der Waals surface area contributed by atoms with Crippen LogP contribution in [0.2, 0.25) is 0 Å². The SMILES string of the molecule is O=C(Cc1cccc(C(F)(F)F)c1)N/N=C\c1ccc(OCc2ccccc2)cc1. The Balaban J connectivity index is 1.48. The first-order chi connectivity index (χ1) is 14.4. The highest BCUT2D eigenvalue weighted by Crippen LogP contribution is 2.29. The van der Waals surface area contributed by atoms with E-state index in [1.54, 1.807) is 24.3 Å². The van der Waals surface area contributed by atoms with Crippen molar-refractivity contribution in [3.8, 4) is 5.75 Å². The molecule has 0 aliphatic rings. The van der Waals surface area contributed by atoms with Crippen LogP contribution in [-0.2, 0) is 24.0 Å². The molecule has 0 fully saturated rings. The molecule has 4 nitrogen and oxygen atoms in total. The summed E-state index contributed by atoms with van der Waals surface area (Å²) < 4.78 is 43.9. The van der Waals surface area contributed by atoms with E-state index in [9.17, 15) is 18.0 Å². The molecule has 3 aromatic rings. The van der Waals surface area contributed by atoms with Gasteiger partial charge < -0.3 is 4.74 Å². The van der Waals surface area contributed by atoms with E-state index >= 15 is 0 Å². The summed E-state index contributed by atoms with van der Waals surface area (Å²) >= 11 is 0. The molecule has 0 aromatic heterocycles. The quantitative estimate of drug-likeness (QED) is 0.440. The Hall–Kier alpha value is -3.61. The highest BCUT2D eigenvalue weighted by atomic mass is 19.4. The molecule has 0 aliphatic heterocycles. The molecule has 0 unspecified atom stereocenters. The van der Waals surface area contributed by atoms with Crippen LogP contribution >= 0.6 is 0 Å². The molecule has 0 heterocycles. The summed E-state index contributed by atoms with van der Waals surface area (Å²) in [5, 5.41) is 3.84. The Bertz CT molecular complexity index is 1000. The zero-order valence-electron chi connectivity index (χ0n) is 15.9. The second-order valence-corrected chi connectivity index (χ2v) is 6.51. The number of nitrogens with one attached hydrogen (secondary N) is 1. The van der Waals surface area contributed by atoms with Crippen molar-refractivity contribution in [1.29, 1.82) is 0 Å². The maximum Gasteiger partial charge on any atom is 0.416 e. The van der Waals surface area contributed by atoms with Gasteiger partial charge in [-0.25, -0.2) is 5.43 Å². The minimum absolute atomic E-state index is 0.201. The molecule has 0 bridgehead atoms.